The van der Waals surface area contributed by atoms with Crippen molar-refractivity contribution < 1.29 is 9.50 Å². The van der Waals surface area contributed by atoms with Gasteiger partial charge in [-0.05, 0) is 30.2 Å². The van der Waals surface area contributed by atoms with E-state index in [-0.39, 0.29) is 11.7 Å². The Labute approximate surface area is 89.2 Å². The summed E-state index contributed by atoms with van der Waals surface area (Å²) in [5, 5.41) is 9.99. The fourth-order valence-corrected chi connectivity index (χ4v) is 2.45. The van der Waals surface area contributed by atoms with Crippen molar-refractivity contribution in [3.8, 4) is 0 Å². The van der Waals surface area contributed by atoms with Crippen LogP contribution in [0.25, 0.3) is 0 Å². The van der Waals surface area contributed by atoms with E-state index in [0.29, 0.717) is 11.0 Å². The van der Waals surface area contributed by atoms with Crippen molar-refractivity contribution in [3.63, 3.8) is 0 Å². The number of hydrogen-bond acceptors (Lipinski definition) is 2. The Balaban J connectivity index is 2.06. The summed E-state index contributed by atoms with van der Waals surface area (Å²) in [6, 6.07) is 1.36. The van der Waals surface area contributed by atoms with Crippen LogP contribution in [-0.4, -0.2) is 10.1 Å². The number of hydrogen-bond donors (Lipinski definition) is 1. The third-order valence-electron chi connectivity index (χ3n) is 3.14. The van der Waals surface area contributed by atoms with Crippen molar-refractivity contribution in [3.05, 3.63) is 29.8 Å². The van der Waals surface area contributed by atoms with Gasteiger partial charge in [0.05, 0.1) is 12.3 Å². The fourth-order valence-electron chi connectivity index (χ4n) is 2.45. The van der Waals surface area contributed by atoms with Gasteiger partial charge in [0.15, 0.2) is 0 Å². The first-order valence-electron chi connectivity index (χ1n) is 5.26. The van der Waals surface area contributed by atoms with Gasteiger partial charge < -0.3 is 5.11 Å². The summed E-state index contributed by atoms with van der Waals surface area (Å²) in [5.74, 6) is -0.131. The van der Waals surface area contributed by atoms with Gasteiger partial charge in [0.1, 0.15) is 5.82 Å². The van der Waals surface area contributed by atoms with E-state index in [1.165, 1.54) is 6.07 Å². The molecule has 1 aromatic rings. The molecule has 2 nitrogen and oxygen atoms in total. The second-order valence-corrected chi connectivity index (χ2v) is 5.21. The van der Waals surface area contributed by atoms with Gasteiger partial charge in [0.25, 0.3) is 0 Å². The van der Waals surface area contributed by atoms with Gasteiger partial charge in [0.2, 0.25) is 0 Å². The average molecular weight is 209 g/mol. The highest BCUT2D eigenvalue weighted by molar-refractivity contribution is 5.15. The summed E-state index contributed by atoms with van der Waals surface area (Å²) in [6.45, 7) is 4.36. The van der Waals surface area contributed by atoms with Crippen molar-refractivity contribution in [2.75, 3.05) is 0 Å². The molecule has 1 atom stereocenters. The van der Waals surface area contributed by atoms with Crippen molar-refractivity contribution in [1.29, 1.82) is 0 Å². The third-order valence-corrected chi connectivity index (χ3v) is 3.14. The molecule has 1 heterocycles. The highest BCUT2D eigenvalue weighted by atomic mass is 19.1. The normalized spacial score (nSPS) is 22.1. The van der Waals surface area contributed by atoms with Crippen LogP contribution in [-0.2, 0) is 0 Å². The van der Waals surface area contributed by atoms with Crippen LogP contribution in [0.15, 0.2) is 18.5 Å². The molecule has 1 fully saturated rings. The molecule has 1 saturated carbocycles. The van der Waals surface area contributed by atoms with Crippen LogP contribution in [0.3, 0.4) is 0 Å². The summed E-state index contributed by atoms with van der Waals surface area (Å²) in [7, 11) is 0. The lowest BCUT2D eigenvalue weighted by Crippen LogP contribution is -2.35. The number of aliphatic hydroxyl groups is 1. The van der Waals surface area contributed by atoms with Crippen molar-refractivity contribution in [1.82, 2.24) is 4.98 Å². The van der Waals surface area contributed by atoms with E-state index < -0.39 is 6.10 Å². The van der Waals surface area contributed by atoms with E-state index in [9.17, 15) is 9.50 Å². The fraction of sp³-hybridized carbons (Fsp3) is 0.583. The van der Waals surface area contributed by atoms with Gasteiger partial charge in [-0.15, -0.1) is 0 Å². The molecule has 1 N–H and O–H groups in total. The van der Waals surface area contributed by atoms with Crippen molar-refractivity contribution in [2.45, 2.75) is 32.8 Å². The largest absolute Gasteiger partial charge is 0.388 e. The molecule has 82 valence electrons. The van der Waals surface area contributed by atoms with Gasteiger partial charge in [-0.3, -0.25) is 4.98 Å². The smallest absolute Gasteiger partial charge is 0.141 e. The minimum atomic E-state index is -0.568. The Hall–Kier alpha value is -0.960. The second kappa shape index (κ2) is 3.56. The molecule has 0 amide bonds. The molecule has 15 heavy (non-hydrogen) atoms. The maximum Gasteiger partial charge on any atom is 0.141 e. The average Bonchev–Trinajstić information content (AvgIpc) is 2.13. The minimum Gasteiger partial charge on any atom is -0.388 e. The van der Waals surface area contributed by atoms with E-state index in [4.69, 9.17) is 0 Å². The molecule has 0 radical (unpaired) electrons. The first kappa shape index (κ1) is 10.6. The summed E-state index contributed by atoms with van der Waals surface area (Å²) in [4.78, 5) is 3.75. The molecule has 0 bridgehead atoms. The third kappa shape index (κ3) is 2.17. The minimum absolute atomic E-state index is 0.253. The monoisotopic (exact) mass is 209 g/mol. The molecule has 3 heteroatoms. The Kier molecular flexibility index (Phi) is 2.51. The molecule has 1 aromatic heterocycles. The SMILES string of the molecule is CC1(C)CC([C@@H](O)c2cncc(F)c2)C1. The summed E-state index contributed by atoms with van der Waals surface area (Å²) < 4.78 is 12.9. The number of nitrogens with zero attached hydrogens (tertiary/aromatic N) is 1. The molecule has 1 aliphatic carbocycles. The molecular formula is C12H16FNO. The quantitative estimate of drug-likeness (QED) is 0.812. The number of aliphatic hydroxyl groups excluding tert-OH is 1. The zero-order valence-corrected chi connectivity index (χ0v) is 9.07. The standard InChI is InChI=1S/C12H16FNO/c1-12(2)4-9(5-12)11(15)8-3-10(13)7-14-6-8/h3,6-7,9,11,15H,4-5H2,1-2H3/t11-/m0/s1. The first-order valence-corrected chi connectivity index (χ1v) is 5.26. The van der Waals surface area contributed by atoms with Crippen LogP contribution < -0.4 is 0 Å². The van der Waals surface area contributed by atoms with Crippen LogP contribution in [0.4, 0.5) is 4.39 Å². The Morgan fingerprint density at radius 3 is 2.67 bits per heavy atom. The number of pyridine rings is 1. The van der Waals surface area contributed by atoms with Crippen molar-refractivity contribution in [2.24, 2.45) is 11.3 Å². The molecule has 0 aliphatic heterocycles. The highest BCUT2D eigenvalue weighted by Gasteiger charge is 2.40. The predicted octanol–water partition coefficient (Wildman–Crippen LogP) is 2.69. The number of aromatic nitrogens is 1. The van der Waals surface area contributed by atoms with Gasteiger partial charge in [-0.1, -0.05) is 13.8 Å². The molecule has 2 rings (SSSR count). The molecule has 0 unspecified atom stereocenters. The molecule has 0 spiro atoms. The summed E-state index contributed by atoms with van der Waals surface area (Å²) >= 11 is 0. The number of rotatable bonds is 2. The van der Waals surface area contributed by atoms with Gasteiger partial charge >= 0.3 is 0 Å². The van der Waals surface area contributed by atoms with E-state index in [1.807, 2.05) is 0 Å². The second-order valence-electron chi connectivity index (χ2n) is 5.21. The number of halogens is 1. The Bertz CT molecular complexity index is 356. The lowest BCUT2D eigenvalue weighted by molar-refractivity contribution is -0.0149. The molecule has 0 aromatic carbocycles. The maximum absolute atomic E-state index is 12.9. The Morgan fingerprint density at radius 2 is 2.13 bits per heavy atom. The maximum atomic E-state index is 12.9. The van der Waals surface area contributed by atoms with Crippen LogP contribution in [0.5, 0.6) is 0 Å². The van der Waals surface area contributed by atoms with E-state index in [2.05, 4.69) is 18.8 Å². The summed E-state index contributed by atoms with van der Waals surface area (Å²) in [5.41, 5.74) is 0.919. The summed E-state index contributed by atoms with van der Waals surface area (Å²) in [6.07, 6.45) is 4.11. The van der Waals surface area contributed by atoms with Gasteiger partial charge in [0, 0.05) is 11.8 Å². The highest BCUT2D eigenvalue weighted by Crippen LogP contribution is 2.50. The van der Waals surface area contributed by atoms with E-state index in [0.717, 1.165) is 19.0 Å². The molecule has 1 aliphatic rings. The zero-order chi connectivity index (χ0) is 11.1. The van der Waals surface area contributed by atoms with E-state index in [1.54, 1.807) is 6.20 Å². The van der Waals surface area contributed by atoms with Crippen LogP contribution >= 0.6 is 0 Å². The van der Waals surface area contributed by atoms with Crippen LogP contribution in [0, 0.1) is 17.2 Å². The van der Waals surface area contributed by atoms with Crippen molar-refractivity contribution >= 4 is 0 Å². The topological polar surface area (TPSA) is 33.1 Å². The Morgan fingerprint density at radius 1 is 1.47 bits per heavy atom. The molecular weight excluding hydrogens is 193 g/mol. The van der Waals surface area contributed by atoms with Gasteiger partial charge in [-0.25, -0.2) is 4.39 Å². The zero-order valence-electron chi connectivity index (χ0n) is 9.07. The van der Waals surface area contributed by atoms with Gasteiger partial charge in [-0.2, -0.15) is 0 Å². The first-order chi connectivity index (χ1) is 6.98. The molecule has 0 saturated heterocycles. The van der Waals surface area contributed by atoms with Crippen LogP contribution in [0.2, 0.25) is 0 Å². The van der Waals surface area contributed by atoms with Crippen LogP contribution in [0.1, 0.15) is 38.4 Å². The van der Waals surface area contributed by atoms with E-state index >= 15 is 0 Å². The lowest BCUT2D eigenvalue weighted by atomic mass is 9.62. The lowest BCUT2D eigenvalue weighted by Gasteiger charge is -2.45. The predicted molar refractivity (Wildman–Crippen MR) is 55.7 cm³/mol.